The van der Waals surface area contributed by atoms with E-state index in [1.54, 1.807) is 11.9 Å². The fourth-order valence-corrected chi connectivity index (χ4v) is 1.44. The van der Waals surface area contributed by atoms with E-state index in [9.17, 15) is 4.79 Å². The molecular weight excluding hydrogens is 202 g/mol. The molecule has 0 aliphatic heterocycles. The van der Waals surface area contributed by atoms with Crippen LogP contribution < -0.4 is 11.1 Å². The second-order valence-corrected chi connectivity index (χ2v) is 3.75. The minimum atomic E-state index is -0.109. The lowest BCUT2D eigenvalue weighted by atomic mass is 10.1. The topological polar surface area (TPSA) is 58.4 Å². The molecule has 0 unspecified atom stereocenters. The summed E-state index contributed by atoms with van der Waals surface area (Å²) < 4.78 is 0. The summed E-state index contributed by atoms with van der Waals surface area (Å²) in [6.45, 7) is 5.02. The number of hydrogen-bond donors (Lipinski definition) is 2. The first-order valence-electron chi connectivity index (χ1n) is 5.40. The summed E-state index contributed by atoms with van der Waals surface area (Å²) >= 11 is 0. The maximum Gasteiger partial charge on any atom is 0.321 e. The van der Waals surface area contributed by atoms with Gasteiger partial charge in [0.25, 0.3) is 0 Å². The zero-order valence-electron chi connectivity index (χ0n) is 10.1. The third kappa shape index (κ3) is 2.73. The smallest absolute Gasteiger partial charge is 0.321 e. The van der Waals surface area contributed by atoms with Crippen LogP contribution in [0.25, 0.3) is 0 Å². The summed E-state index contributed by atoms with van der Waals surface area (Å²) in [5, 5.41) is 2.86. The lowest BCUT2D eigenvalue weighted by Gasteiger charge is -2.18. The van der Waals surface area contributed by atoms with Gasteiger partial charge < -0.3 is 16.0 Å². The molecule has 4 nitrogen and oxygen atoms in total. The van der Waals surface area contributed by atoms with Crippen LogP contribution in [0.3, 0.4) is 0 Å². The highest BCUT2D eigenvalue weighted by Crippen LogP contribution is 2.19. The van der Waals surface area contributed by atoms with Gasteiger partial charge in [0.15, 0.2) is 0 Å². The Labute approximate surface area is 96.4 Å². The molecule has 0 heterocycles. The molecule has 0 radical (unpaired) electrons. The van der Waals surface area contributed by atoms with Gasteiger partial charge in [0, 0.05) is 25.8 Å². The number of amides is 2. The molecular formula is C12H19N3O. The quantitative estimate of drug-likeness (QED) is 0.819. The van der Waals surface area contributed by atoms with Crippen LogP contribution in [0.1, 0.15) is 18.1 Å². The third-order valence-electron chi connectivity index (χ3n) is 2.68. The Morgan fingerprint density at radius 3 is 2.75 bits per heavy atom. The van der Waals surface area contributed by atoms with Gasteiger partial charge in [-0.2, -0.15) is 0 Å². The number of carbonyl (C=O) groups is 1. The number of aryl methyl sites for hydroxylation is 1. The largest absolute Gasteiger partial charge is 0.328 e. The monoisotopic (exact) mass is 221 g/mol. The average molecular weight is 221 g/mol. The number of urea groups is 1. The molecule has 0 aromatic heterocycles. The van der Waals surface area contributed by atoms with Gasteiger partial charge in [-0.05, 0) is 31.0 Å². The Hall–Kier alpha value is -1.55. The number of nitrogens with two attached hydrogens (primary N) is 1. The lowest BCUT2D eigenvalue weighted by molar-refractivity contribution is 0.224. The first-order valence-corrected chi connectivity index (χ1v) is 5.40. The summed E-state index contributed by atoms with van der Waals surface area (Å²) in [7, 11) is 1.76. The van der Waals surface area contributed by atoms with Crippen molar-refractivity contribution in [2.24, 2.45) is 5.73 Å². The molecule has 0 aliphatic rings. The highest BCUT2D eigenvalue weighted by atomic mass is 16.2. The molecule has 0 atom stereocenters. The third-order valence-corrected chi connectivity index (χ3v) is 2.68. The Morgan fingerprint density at radius 1 is 1.50 bits per heavy atom. The Morgan fingerprint density at radius 2 is 2.19 bits per heavy atom. The number of carbonyl (C=O) groups excluding carboxylic acids is 1. The first-order chi connectivity index (χ1) is 7.60. The van der Waals surface area contributed by atoms with Crippen molar-refractivity contribution in [1.82, 2.24) is 4.90 Å². The maximum absolute atomic E-state index is 11.7. The summed E-state index contributed by atoms with van der Waals surface area (Å²) in [4.78, 5) is 13.3. The Balaban J connectivity index is 2.89. The summed E-state index contributed by atoms with van der Waals surface area (Å²) in [6, 6.07) is 5.66. The second kappa shape index (κ2) is 5.51. The molecule has 2 amide bonds. The zero-order chi connectivity index (χ0) is 12.1. The van der Waals surface area contributed by atoms with E-state index < -0.39 is 0 Å². The average Bonchev–Trinajstić information content (AvgIpc) is 2.28. The van der Waals surface area contributed by atoms with Crippen LogP contribution in [-0.4, -0.2) is 24.5 Å². The van der Waals surface area contributed by atoms with Crippen molar-refractivity contribution < 1.29 is 4.79 Å². The van der Waals surface area contributed by atoms with Gasteiger partial charge in [0.2, 0.25) is 0 Å². The molecule has 0 fully saturated rings. The normalized spacial score (nSPS) is 10.0. The van der Waals surface area contributed by atoms with E-state index >= 15 is 0 Å². The molecule has 0 bridgehead atoms. The fraction of sp³-hybridized carbons (Fsp3) is 0.417. The van der Waals surface area contributed by atoms with E-state index in [-0.39, 0.29) is 6.03 Å². The molecule has 0 saturated carbocycles. The van der Waals surface area contributed by atoms with E-state index in [2.05, 4.69) is 5.32 Å². The van der Waals surface area contributed by atoms with Gasteiger partial charge in [-0.25, -0.2) is 4.79 Å². The Bertz CT molecular complexity index is 377. The van der Waals surface area contributed by atoms with Gasteiger partial charge >= 0.3 is 6.03 Å². The summed E-state index contributed by atoms with van der Waals surface area (Å²) in [5.74, 6) is 0. The van der Waals surface area contributed by atoms with Crippen LogP contribution >= 0.6 is 0 Å². The highest BCUT2D eigenvalue weighted by molar-refractivity contribution is 5.90. The lowest BCUT2D eigenvalue weighted by Crippen LogP contribution is -2.31. The van der Waals surface area contributed by atoms with Crippen molar-refractivity contribution in [1.29, 1.82) is 0 Å². The maximum atomic E-state index is 11.7. The number of rotatable bonds is 3. The predicted octanol–water partition coefficient (Wildman–Crippen LogP) is 1.94. The fourth-order valence-electron chi connectivity index (χ4n) is 1.44. The van der Waals surface area contributed by atoms with Crippen LogP contribution in [0.4, 0.5) is 10.5 Å². The van der Waals surface area contributed by atoms with Crippen molar-refractivity contribution in [3.63, 3.8) is 0 Å². The molecule has 1 rings (SSSR count). The van der Waals surface area contributed by atoms with Crippen LogP contribution in [0.5, 0.6) is 0 Å². The van der Waals surface area contributed by atoms with Crippen molar-refractivity contribution in [3.05, 3.63) is 29.3 Å². The minimum absolute atomic E-state index is 0.109. The van der Waals surface area contributed by atoms with Crippen molar-refractivity contribution in [3.8, 4) is 0 Å². The number of anilines is 1. The minimum Gasteiger partial charge on any atom is -0.328 e. The molecule has 88 valence electrons. The van der Waals surface area contributed by atoms with E-state index in [1.165, 1.54) is 0 Å². The van der Waals surface area contributed by atoms with Crippen molar-refractivity contribution >= 4 is 11.7 Å². The number of nitrogens with zero attached hydrogens (tertiary/aromatic N) is 1. The van der Waals surface area contributed by atoms with Gasteiger partial charge in [-0.1, -0.05) is 12.1 Å². The Kier molecular flexibility index (Phi) is 4.31. The van der Waals surface area contributed by atoms with Gasteiger partial charge in [0.1, 0.15) is 0 Å². The number of hydrogen-bond acceptors (Lipinski definition) is 2. The van der Waals surface area contributed by atoms with E-state index in [0.717, 1.165) is 16.8 Å². The molecule has 16 heavy (non-hydrogen) atoms. The number of nitrogens with one attached hydrogen (secondary N) is 1. The molecule has 0 saturated heterocycles. The second-order valence-electron chi connectivity index (χ2n) is 3.75. The van der Waals surface area contributed by atoms with Crippen molar-refractivity contribution in [2.75, 3.05) is 18.9 Å². The van der Waals surface area contributed by atoms with Crippen LogP contribution in [0.2, 0.25) is 0 Å². The summed E-state index contributed by atoms with van der Waals surface area (Å²) in [5.41, 5.74) is 8.55. The van der Waals surface area contributed by atoms with Crippen LogP contribution in [0.15, 0.2) is 18.2 Å². The predicted molar refractivity (Wildman–Crippen MR) is 66.4 cm³/mol. The molecule has 0 aliphatic carbocycles. The molecule has 4 heteroatoms. The molecule has 1 aromatic carbocycles. The SMILES string of the molecule is CCN(C)C(=O)Nc1cccc(C)c1CN. The summed E-state index contributed by atoms with van der Waals surface area (Å²) in [6.07, 6.45) is 0. The number of benzene rings is 1. The van der Waals surface area contributed by atoms with Crippen LogP contribution in [0, 0.1) is 6.92 Å². The van der Waals surface area contributed by atoms with Crippen molar-refractivity contribution in [2.45, 2.75) is 20.4 Å². The molecule has 3 N–H and O–H groups in total. The van der Waals surface area contributed by atoms with Crippen LogP contribution in [-0.2, 0) is 6.54 Å². The van der Waals surface area contributed by atoms with E-state index in [1.807, 2.05) is 32.0 Å². The first kappa shape index (κ1) is 12.5. The molecule has 1 aromatic rings. The standard InChI is InChI=1S/C12H19N3O/c1-4-15(3)12(16)14-11-7-5-6-9(2)10(11)8-13/h5-7H,4,8,13H2,1-3H3,(H,14,16). The van der Waals surface area contributed by atoms with Gasteiger partial charge in [-0.3, -0.25) is 0 Å². The van der Waals surface area contributed by atoms with E-state index in [0.29, 0.717) is 13.1 Å². The highest BCUT2D eigenvalue weighted by Gasteiger charge is 2.09. The zero-order valence-corrected chi connectivity index (χ0v) is 10.1. The van der Waals surface area contributed by atoms with Gasteiger partial charge in [-0.15, -0.1) is 0 Å². The molecule has 0 spiro atoms. The van der Waals surface area contributed by atoms with Gasteiger partial charge in [0.05, 0.1) is 0 Å². The van der Waals surface area contributed by atoms with E-state index in [4.69, 9.17) is 5.73 Å².